The van der Waals surface area contributed by atoms with Crippen LogP contribution in [-0.4, -0.2) is 37.1 Å². The molecule has 0 radical (unpaired) electrons. The van der Waals surface area contributed by atoms with Crippen molar-refractivity contribution in [3.05, 3.63) is 35.6 Å². The zero-order valence-electron chi connectivity index (χ0n) is 14.6. The van der Waals surface area contributed by atoms with Gasteiger partial charge in [-0.2, -0.15) is 0 Å². The number of oxime groups is 1. The summed E-state index contributed by atoms with van der Waals surface area (Å²) in [5.74, 6) is 1.80. The summed E-state index contributed by atoms with van der Waals surface area (Å²) in [5, 5.41) is 9.95. The molecule has 0 saturated heterocycles. The van der Waals surface area contributed by atoms with Crippen LogP contribution in [0.25, 0.3) is 0 Å². The van der Waals surface area contributed by atoms with Crippen LogP contribution in [0.2, 0.25) is 0 Å². The second kappa shape index (κ2) is 8.72. The molecule has 2 rings (SSSR count). The largest absolute Gasteiger partial charge is 0.493 e. The summed E-state index contributed by atoms with van der Waals surface area (Å²) in [6, 6.07) is 6.97. The monoisotopic (exact) mass is 347 g/mol. The zero-order chi connectivity index (χ0) is 18.2. The van der Waals surface area contributed by atoms with Gasteiger partial charge in [0.25, 0.3) is 5.91 Å². The Morgan fingerprint density at radius 1 is 1.36 bits per heavy atom. The van der Waals surface area contributed by atoms with Crippen molar-refractivity contribution in [3.8, 4) is 11.5 Å². The summed E-state index contributed by atoms with van der Waals surface area (Å²) in [5.41, 5.74) is 0.750. The number of aryl methyl sites for hydroxylation is 1. The molecule has 0 saturated carbocycles. The number of anilines is 1. The van der Waals surface area contributed by atoms with E-state index in [0.29, 0.717) is 23.1 Å². The fourth-order valence-electron chi connectivity index (χ4n) is 1.91. The number of hydrogen-bond donors (Lipinski definition) is 1. The molecule has 8 heteroatoms. The smallest absolute Gasteiger partial charge is 0.266 e. The Labute approximate surface area is 145 Å². The maximum absolute atomic E-state index is 11.7. The van der Waals surface area contributed by atoms with Crippen LogP contribution in [0.3, 0.4) is 0 Å². The van der Waals surface area contributed by atoms with Crippen LogP contribution in [0.1, 0.15) is 25.2 Å². The van der Waals surface area contributed by atoms with Crippen molar-refractivity contribution in [2.45, 2.75) is 26.9 Å². The third-order valence-electron chi connectivity index (χ3n) is 2.92. The molecule has 1 aromatic heterocycles. The van der Waals surface area contributed by atoms with Crippen molar-refractivity contribution in [1.29, 1.82) is 0 Å². The lowest BCUT2D eigenvalue weighted by Gasteiger charge is -2.13. The van der Waals surface area contributed by atoms with Gasteiger partial charge in [-0.3, -0.25) is 4.79 Å². The van der Waals surface area contributed by atoms with E-state index < -0.39 is 0 Å². The molecule has 8 nitrogen and oxygen atoms in total. The Hall–Kier alpha value is -3.03. The lowest BCUT2D eigenvalue weighted by Crippen LogP contribution is -2.17. The maximum atomic E-state index is 11.7. The van der Waals surface area contributed by atoms with Gasteiger partial charge in [0.2, 0.25) is 0 Å². The summed E-state index contributed by atoms with van der Waals surface area (Å²) < 4.78 is 15.8. The fourth-order valence-corrected chi connectivity index (χ4v) is 1.91. The highest BCUT2D eigenvalue weighted by molar-refractivity contribution is 5.90. The molecule has 134 valence electrons. The molecule has 0 atom stereocenters. The molecule has 0 aliphatic carbocycles. The minimum absolute atomic E-state index is 0.0452. The van der Waals surface area contributed by atoms with Crippen molar-refractivity contribution >= 4 is 17.9 Å². The lowest BCUT2D eigenvalue weighted by atomic mass is 10.2. The first kappa shape index (κ1) is 18.3. The first-order valence-electron chi connectivity index (χ1n) is 7.71. The number of ether oxygens (including phenoxy) is 2. The number of benzene rings is 1. The topological polar surface area (TPSA) is 95.2 Å². The summed E-state index contributed by atoms with van der Waals surface area (Å²) in [6.07, 6.45) is 1.53. The van der Waals surface area contributed by atoms with Crippen LogP contribution in [0, 0.1) is 6.92 Å². The van der Waals surface area contributed by atoms with Crippen LogP contribution >= 0.6 is 0 Å². The van der Waals surface area contributed by atoms with Gasteiger partial charge in [-0.05, 0) is 39.0 Å². The van der Waals surface area contributed by atoms with Gasteiger partial charge in [-0.15, -0.1) is 0 Å². The number of rotatable bonds is 8. The van der Waals surface area contributed by atoms with Crippen LogP contribution in [-0.2, 0) is 9.63 Å². The van der Waals surface area contributed by atoms with Gasteiger partial charge in [0.15, 0.2) is 23.9 Å². The first-order chi connectivity index (χ1) is 12.0. The van der Waals surface area contributed by atoms with Crippen LogP contribution in [0.4, 0.5) is 5.82 Å². The number of nitrogens with one attached hydrogen (secondary N) is 1. The Balaban J connectivity index is 1.85. The molecule has 1 heterocycles. The van der Waals surface area contributed by atoms with E-state index >= 15 is 0 Å². The van der Waals surface area contributed by atoms with Crippen LogP contribution < -0.4 is 14.8 Å². The van der Waals surface area contributed by atoms with Gasteiger partial charge in [0, 0.05) is 11.6 Å². The summed E-state index contributed by atoms with van der Waals surface area (Å²) in [7, 11) is 1.57. The molecule has 0 fully saturated rings. The van der Waals surface area contributed by atoms with Crippen molar-refractivity contribution in [1.82, 2.24) is 5.16 Å². The second-order valence-corrected chi connectivity index (χ2v) is 5.46. The average molecular weight is 347 g/mol. The van der Waals surface area contributed by atoms with Gasteiger partial charge in [-0.25, -0.2) is 0 Å². The minimum Gasteiger partial charge on any atom is -0.493 e. The lowest BCUT2D eigenvalue weighted by molar-refractivity contribution is -0.120. The fraction of sp³-hybridized carbons (Fsp3) is 0.353. The highest BCUT2D eigenvalue weighted by atomic mass is 16.6. The molecule has 0 aliphatic heterocycles. The van der Waals surface area contributed by atoms with Crippen LogP contribution in [0.5, 0.6) is 11.5 Å². The molecular weight excluding hydrogens is 326 g/mol. The van der Waals surface area contributed by atoms with Crippen LogP contribution in [0.15, 0.2) is 33.9 Å². The molecule has 25 heavy (non-hydrogen) atoms. The Morgan fingerprint density at radius 3 is 2.80 bits per heavy atom. The van der Waals surface area contributed by atoms with Gasteiger partial charge in [0.05, 0.1) is 19.4 Å². The van der Waals surface area contributed by atoms with E-state index in [1.807, 2.05) is 19.9 Å². The van der Waals surface area contributed by atoms with Gasteiger partial charge < -0.3 is 24.2 Å². The molecule has 1 amide bonds. The van der Waals surface area contributed by atoms with E-state index in [9.17, 15) is 4.79 Å². The van der Waals surface area contributed by atoms with E-state index in [1.54, 1.807) is 32.2 Å². The number of methoxy groups -OCH3 is 1. The SMILES string of the molecule is COc1cc(/C=N\OCC(=O)Nc2cc(C)on2)ccc1OC(C)C. The first-order valence-corrected chi connectivity index (χ1v) is 7.71. The number of aromatic nitrogens is 1. The van der Waals surface area contributed by atoms with E-state index in [0.717, 1.165) is 5.56 Å². The molecule has 1 aromatic carbocycles. The van der Waals surface area contributed by atoms with E-state index in [4.69, 9.17) is 18.8 Å². The van der Waals surface area contributed by atoms with E-state index in [-0.39, 0.29) is 18.6 Å². The summed E-state index contributed by atoms with van der Waals surface area (Å²) in [6.45, 7) is 5.37. The number of carbonyl (C=O) groups excluding carboxylic acids is 1. The molecule has 0 spiro atoms. The molecule has 2 aromatic rings. The average Bonchev–Trinajstić information content (AvgIpc) is 2.97. The third kappa shape index (κ3) is 5.83. The maximum Gasteiger partial charge on any atom is 0.266 e. The predicted molar refractivity (Wildman–Crippen MR) is 92.2 cm³/mol. The second-order valence-electron chi connectivity index (χ2n) is 5.46. The third-order valence-corrected chi connectivity index (χ3v) is 2.92. The standard InChI is InChI=1S/C17H21N3O5/c1-11(2)24-14-6-5-13(8-15(14)22-4)9-18-23-10-17(21)19-16-7-12(3)25-20-16/h5-9,11H,10H2,1-4H3,(H,19,20,21)/b18-9-. The summed E-state index contributed by atoms with van der Waals surface area (Å²) in [4.78, 5) is 16.6. The van der Waals surface area contributed by atoms with Crippen molar-refractivity contribution < 1.29 is 23.6 Å². The minimum atomic E-state index is -0.385. The number of nitrogens with zero attached hydrogens (tertiary/aromatic N) is 2. The van der Waals surface area contributed by atoms with Crippen molar-refractivity contribution in [3.63, 3.8) is 0 Å². The highest BCUT2D eigenvalue weighted by Crippen LogP contribution is 2.28. The molecule has 0 bridgehead atoms. The molecule has 1 N–H and O–H groups in total. The molecule has 0 unspecified atom stereocenters. The number of amides is 1. The Kier molecular flexibility index (Phi) is 6.39. The van der Waals surface area contributed by atoms with E-state index in [2.05, 4.69) is 15.6 Å². The van der Waals surface area contributed by atoms with Gasteiger partial charge in [-0.1, -0.05) is 10.3 Å². The van der Waals surface area contributed by atoms with Crippen molar-refractivity contribution in [2.75, 3.05) is 19.0 Å². The number of carbonyl (C=O) groups is 1. The summed E-state index contributed by atoms with van der Waals surface area (Å²) >= 11 is 0. The van der Waals surface area contributed by atoms with Gasteiger partial charge >= 0.3 is 0 Å². The van der Waals surface area contributed by atoms with Gasteiger partial charge in [0.1, 0.15) is 5.76 Å². The number of hydrogen-bond acceptors (Lipinski definition) is 7. The highest BCUT2D eigenvalue weighted by Gasteiger charge is 2.08. The van der Waals surface area contributed by atoms with E-state index in [1.165, 1.54) is 6.21 Å². The molecular formula is C17H21N3O5. The quantitative estimate of drug-likeness (QED) is 0.583. The Morgan fingerprint density at radius 2 is 2.16 bits per heavy atom. The predicted octanol–water partition coefficient (Wildman–Crippen LogP) is 2.77. The zero-order valence-corrected chi connectivity index (χ0v) is 14.6. The normalized spacial score (nSPS) is 10.9. The van der Waals surface area contributed by atoms with Crippen molar-refractivity contribution in [2.24, 2.45) is 5.16 Å². The Bertz CT molecular complexity index is 740. The molecule has 0 aliphatic rings.